The molecular weight excluding hydrogens is 262 g/mol. The molecule has 2 aromatic carbocycles. The molecule has 0 saturated carbocycles. The number of aryl methyl sites for hydroxylation is 1. The van der Waals surface area contributed by atoms with Gasteiger partial charge in [-0.3, -0.25) is 0 Å². The van der Waals surface area contributed by atoms with Crippen molar-refractivity contribution in [2.75, 3.05) is 7.11 Å². The van der Waals surface area contributed by atoms with Crippen LogP contribution in [0.15, 0.2) is 48.5 Å². The zero-order chi connectivity index (χ0) is 14.8. The normalized spacial score (nSPS) is 12.5. The molecule has 108 valence electrons. The van der Waals surface area contributed by atoms with Crippen molar-refractivity contribution >= 4 is 11.0 Å². The van der Waals surface area contributed by atoms with Crippen LogP contribution in [-0.4, -0.2) is 16.7 Å². The lowest BCUT2D eigenvalue weighted by Crippen LogP contribution is -2.15. The van der Waals surface area contributed by atoms with Crippen LogP contribution in [0.25, 0.3) is 11.0 Å². The number of benzene rings is 2. The van der Waals surface area contributed by atoms with Gasteiger partial charge in [-0.05, 0) is 29.8 Å². The van der Waals surface area contributed by atoms with Gasteiger partial charge in [-0.2, -0.15) is 0 Å². The first-order valence-corrected chi connectivity index (χ1v) is 6.99. The van der Waals surface area contributed by atoms with Crippen LogP contribution in [0.4, 0.5) is 0 Å². The van der Waals surface area contributed by atoms with Crippen LogP contribution in [0.1, 0.15) is 17.4 Å². The van der Waals surface area contributed by atoms with Gasteiger partial charge >= 0.3 is 0 Å². The molecule has 0 aliphatic rings. The summed E-state index contributed by atoms with van der Waals surface area (Å²) < 4.78 is 7.36. The lowest BCUT2D eigenvalue weighted by Gasteiger charge is -2.13. The fraction of sp³-hybridized carbons (Fsp3) is 0.235. The number of hydrogen-bond donors (Lipinski definition) is 1. The fourth-order valence-electron chi connectivity index (χ4n) is 2.56. The number of imidazole rings is 1. The molecule has 0 aliphatic heterocycles. The highest BCUT2D eigenvalue weighted by Gasteiger charge is 2.13. The third kappa shape index (κ3) is 2.62. The summed E-state index contributed by atoms with van der Waals surface area (Å²) in [5.41, 5.74) is 9.53. The molecule has 1 unspecified atom stereocenters. The van der Waals surface area contributed by atoms with Gasteiger partial charge in [0.25, 0.3) is 0 Å². The highest BCUT2D eigenvalue weighted by molar-refractivity contribution is 5.75. The molecule has 4 nitrogen and oxygen atoms in total. The number of fused-ring (bicyclic) bond motifs is 1. The van der Waals surface area contributed by atoms with Crippen LogP contribution in [0, 0.1) is 0 Å². The third-order valence-corrected chi connectivity index (χ3v) is 3.80. The Bertz CT molecular complexity index is 764. The molecule has 0 bridgehead atoms. The van der Waals surface area contributed by atoms with Crippen molar-refractivity contribution < 1.29 is 4.74 Å². The van der Waals surface area contributed by atoms with Crippen molar-refractivity contribution in [3.8, 4) is 5.75 Å². The van der Waals surface area contributed by atoms with Crippen molar-refractivity contribution in [1.29, 1.82) is 0 Å². The van der Waals surface area contributed by atoms with Gasteiger partial charge in [0.1, 0.15) is 11.6 Å². The molecule has 4 heteroatoms. The molecule has 0 spiro atoms. The van der Waals surface area contributed by atoms with Crippen LogP contribution in [0.5, 0.6) is 5.75 Å². The van der Waals surface area contributed by atoms with Crippen LogP contribution >= 0.6 is 0 Å². The van der Waals surface area contributed by atoms with Crippen LogP contribution in [0.3, 0.4) is 0 Å². The average Bonchev–Trinajstić information content (AvgIpc) is 2.84. The van der Waals surface area contributed by atoms with E-state index < -0.39 is 0 Å². The minimum atomic E-state index is -0.101. The topological polar surface area (TPSA) is 53.1 Å². The highest BCUT2D eigenvalue weighted by Crippen LogP contribution is 2.22. The maximum Gasteiger partial charge on any atom is 0.119 e. The van der Waals surface area contributed by atoms with E-state index in [-0.39, 0.29) is 6.04 Å². The number of para-hydroxylation sites is 2. The lowest BCUT2D eigenvalue weighted by atomic mass is 10.0. The number of aromatic nitrogens is 2. The summed E-state index contributed by atoms with van der Waals surface area (Å²) in [6.07, 6.45) is 0.693. The number of nitrogens with two attached hydrogens (primary N) is 1. The summed E-state index contributed by atoms with van der Waals surface area (Å²) in [7, 11) is 3.69. The second kappa shape index (κ2) is 5.58. The predicted molar refractivity (Wildman–Crippen MR) is 84.3 cm³/mol. The molecule has 1 aromatic heterocycles. The Morgan fingerprint density at radius 1 is 1.19 bits per heavy atom. The summed E-state index contributed by atoms with van der Waals surface area (Å²) in [4.78, 5) is 4.67. The molecule has 0 saturated heterocycles. The summed E-state index contributed by atoms with van der Waals surface area (Å²) in [6, 6.07) is 15.9. The van der Waals surface area contributed by atoms with Gasteiger partial charge in [0.2, 0.25) is 0 Å². The van der Waals surface area contributed by atoms with E-state index in [1.54, 1.807) is 7.11 Å². The van der Waals surface area contributed by atoms with Crippen molar-refractivity contribution in [3.63, 3.8) is 0 Å². The van der Waals surface area contributed by atoms with E-state index in [2.05, 4.69) is 15.6 Å². The fourth-order valence-corrected chi connectivity index (χ4v) is 2.56. The maximum atomic E-state index is 6.33. The van der Waals surface area contributed by atoms with Gasteiger partial charge in [-0.25, -0.2) is 4.98 Å². The second-order valence-corrected chi connectivity index (χ2v) is 5.16. The molecule has 0 aliphatic carbocycles. The Morgan fingerprint density at radius 2 is 2.00 bits per heavy atom. The zero-order valence-corrected chi connectivity index (χ0v) is 12.3. The highest BCUT2D eigenvalue weighted by atomic mass is 16.5. The molecule has 0 amide bonds. The predicted octanol–water partition coefficient (Wildman–Crippen LogP) is 2.82. The second-order valence-electron chi connectivity index (χ2n) is 5.16. The quantitative estimate of drug-likeness (QED) is 0.800. The summed E-state index contributed by atoms with van der Waals surface area (Å²) in [5, 5.41) is 0. The molecule has 0 radical (unpaired) electrons. The Labute approximate surface area is 124 Å². The third-order valence-electron chi connectivity index (χ3n) is 3.80. The minimum Gasteiger partial charge on any atom is -0.497 e. The average molecular weight is 281 g/mol. The lowest BCUT2D eigenvalue weighted by molar-refractivity contribution is 0.413. The number of methoxy groups -OCH3 is 1. The van der Waals surface area contributed by atoms with Gasteiger partial charge in [0, 0.05) is 19.5 Å². The standard InChI is InChI=1S/C17H19N3O/c1-20-16-9-4-3-8-15(16)19-17(20)11-14(18)12-6-5-7-13(10-12)21-2/h3-10,14H,11,18H2,1-2H3. The van der Waals surface area contributed by atoms with Crippen LogP contribution in [-0.2, 0) is 13.5 Å². The molecule has 1 atom stereocenters. The smallest absolute Gasteiger partial charge is 0.119 e. The monoisotopic (exact) mass is 281 g/mol. The van der Waals surface area contributed by atoms with Crippen LogP contribution < -0.4 is 10.5 Å². The Morgan fingerprint density at radius 3 is 2.76 bits per heavy atom. The molecular formula is C17H19N3O. The number of hydrogen-bond acceptors (Lipinski definition) is 3. The Kier molecular flexibility index (Phi) is 3.62. The number of ether oxygens (including phenoxy) is 1. The van der Waals surface area contributed by atoms with Gasteiger partial charge in [0.15, 0.2) is 0 Å². The van der Waals surface area contributed by atoms with E-state index >= 15 is 0 Å². The Balaban J connectivity index is 1.88. The van der Waals surface area contributed by atoms with E-state index in [9.17, 15) is 0 Å². The molecule has 0 fully saturated rings. The minimum absolute atomic E-state index is 0.101. The summed E-state index contributed by atoms with van der Waals surface area (Å²) >= 11 is 0. The maximum absolute atomic E-state index is 6.33. The molecule has 2 N–H and O–H groups in total. The first-order chi connectivity index (χ1) is 10.2. The summed E-state index contributed by atoms with van der Waals surface area (Å²) in [5.74, 6) is 1.82. The van der Waals surface area contributed by atoms with Crippen molar-refractivity contribution in [1.82, 2.24) is 9.55 Å². The first-order valence-electron chi connectivity index (χ1n) is 6.99. The van der Waals surface area contributed by atoms with Gasteiger partial charge < -0.3 is 15.0 Å². The molecule has 3 rings (SSSR count). The molecule has 1 heterocycles. The Hall–Kier alpha value is -2.33. The van der Waals surface area contributed by atoms with Crippen LogP contribution in [0.2, 0.25) is 0 Å². The van der Waals surface area contributed by atoms with E-state index in [0.717, 1.165) is 28.2 Å². The van der Waals surface area contributed by atoms with E-state index in [0.29, 0.717) is 6.42 Å². The van der Waals surface area contributed by atoms with E-state index in [1.807, 2.05) is 49.5 Å². The SMILES string of the molecule is COc1cccc(C(N)Cc2nc3ccccc3n2C)c1. The molecule has 21 heavy (non-hydrogen) atoms. The number of nitrogens with zero attached hydrogens (tertiary/aromatic N) is 2. The van der Waals surface area contributed by atoms with E-state index in [4.69, 9.17) is 10.5 Å². The van der Waals surface area contributed by atoms with Gasteiger partial charge in [-0.1, -0.05) is 24.3 Å². The van der Waals surface area contributed by atoms with Crippen molar-refractivity contribution in [2.45, 2.75) is 12.5 Å². The van der Waals surface area contributed by atoms with E-state index in [1.165, 1.54) is 0 Å². The van der Waals surface area contributed by atoms with Gasteiger partial charge in [0.05, 0.1) is 18.1 Å². The summed E-state index contributed by atoms with van der Waals surface area (Å²) in [6.45, 7) is 0. The van der Waals surface area contributed by atoms with Crippen molar-refractivity contribution in [2.24, 2.45) is 12.8 Å². The zero-order valence-electron chi connectivity index (χ0n) is 12.3. The van der Waals surface area contributed by atoms with Crippen molar-refractivity contribution in [3.05, 3.63) is 59.9 Å². The largest absolute Gasteiger partial charge is 0.497 e. The molecule has 3 aromatic rings. The number of rotatable bonds is 4. The first kappa shape index (κ1) is 13.6. The van der Waals surface area contributed by atoms with Gasteiger partial charge in [-0.15, -0.1) is 0 Å².